The van der Waals surface area contributed by atoms with Gasteiger partial charge in [-0.25, -0.2) is 0 Å². The fourth-order valence-corrected chi connectivity index (χ4v) is 4.38. The van der Waals surface area contributed by atoms with E-state index in [0.717, 1.165) is 17.5 Å². The number of rotatable bonds is 4. The molecule has 0 saturated carbocycles. The van der Waals surface area contributed by atoms with E-state index >= 15 is 0 Å². The van der Waals surface area contributed by atoms with Crippen molar-refractivity contribution < 1.29 is 4.65 Å². The van der Waals surface area contributed by atoms with Gasteiger partial charge in [0.2, 0.25) is 0 Å². The Hall–Kier alpha value is -2.88. The van der Waals surface area contributed by atoms with E-state index in [1.54, 1.807) is 7.62 Å². The SMILES string of the molecule is [B]1N[C@H](Cc2cccc3ccccc23)C(c2ccccc2)(c2ccccc2)O1. The summed E-state index contributed by atoms with van der Waals surface area (Å²) < 4.78 is 6.37. The highest BCUT2D eigenvalue weighted by atomic mass is 16.5. The number of benzene rings is 4. The first-order valence-corrected chi connectivity index (χ1v) is 9.71. The second-order valence-corrected chi connectivity index (χ2v) is 7.27. The quantitative estimate of drug-likeness (QED) is 0.524. The molecule has 0 aliphatic carbocycles. The predicted molar refractivity (Wildman–Crippen MR) is 115 cm³/mol. The zero-order valence-corrected chi connectivity index (χ0v) is 15.6. The Morgan fingerprint density at radius 3 is 2.04 bits per heavy atom. The number of nitrogens with one attached hydrogen (secondary N) is 1. The van der Waals surface area contributed by atoms with Gasteiger partial charge in [-0.1, -0.05) is 103 Å². The molecular formula is C25H21BNO. The second kappa shape index (κ2) is 7.27. The molecule has 1 aliphatic rings. The fraction of sp³-hybridized carbons (Fsp3) is 0.120. The Morgan fingerprint density at radius 2 is 1.32 bits per heavy atom. The van der Waals surface area contributed by atoms with Crippen molar-refractivity contribution in [3.8, 4) is 0 Å². The van der Waals surface area contributed by atoms with Crippen molar-refractivity contribution >= 4 is 18.4 Å². The highest BCUT2D eigenvalue weighted by molar-refractivity contribution is 6.25. The zero-order chi connectivity index (χ0) is 18.8. The maximum Gasteiger partial charge on any atom is 0.397 e. The molecule has 1 radical (unpaired) electrons. The van der Waals surface area contributed by atoms with Crippen molar-refractivity contribution in [2.45, 2.75) is 18.1 Å². The third-order valence-corrected chi connectivity index (χ3v) is 5.71. The van der Waals surface area contributed by atoms with Gasteiger partial charge in [0.05, 0.1) is 0 Å². The van der Waals surface area contributed by atoms with E-state index in [-0.39, 0.29) is 6.04 Å². The molecule has 1 saturated heterocycles. The van der Waals surface area contributed by atoms with Crippen LogP contribution in [0.3, 0.4) is 0 Å². The molecule has 4 aromatic carbocycles. The summed E-state index contributed by atoms with van der Waals surface area (Å²) in [5.41, 5.74) is 3.09. The molecule has 5 rings (SSSR count). The van der Waals surface area contributed by atoms with Crippen LogP contribution >= 0.6 is 0 Å². The van der Waals surface area contributed by atoms with Crippen molar-refractivity contribution in [2.75, 3.05) is 0 Å². The van der Waals surface area contributed by atoms with Crippen LogP contribution in [-0.4, -0.2) is 13.7 Å². The molecule has 0 unspecified atom stereocenters. The third-order valence-electron chi connectivity index (χ3n) is 5.71. The van der Waals surface area contributed by atoms with Gasteiger partial charge in [0.15, 0.2) is 0 Å². The van der Waals surface area contributed by atoms with E-state index in [1.807, 2.05) is 12.1 Å². The molecule has 28 heavy (non-hydrogen) atoms. The summed E-state index contributed by atoms with van der Waals surface area (Å²) in [6.07, 6.45) is 0.863. The minimum atomic E-state index is -0.556. The minimum Gasteiger partial charge on any atom is -0.409 e. The number of hydrogen-bond acceptors (Lipinski definition) is 2. The van der Waals surface area contributed by atoms with Crippen LogP contribution in [0, 0.1) is 0 Å². The van der Waals surface area contributed by atoms with Gasteiger partial charge in [0.25, 0.3) is 0 Å². The Morgan fingerprint density at radius 1 is 0.714 bits per heavy atom. The zero-order valence-electron chi connectivity index (χ0n) is 15.6. The molecule has 1 atom stereocenters. The van der Waals surface area contributed by atoms with Crippen LogP contribution in [-0.2, 0) is 16.7 Å². The van der Waals surface area contributed by atoms with Crippen LogP contribution in [0.5, 0.6) is 0 Å². The summed E-state index contributed by atoms with van der Waals surface area (Å²) in [5.74, 6) is 0. The number of hydrogen-bond donors (Lipinski definition) is 1. The molecular weight excluding hydrogens is 341 g/mol. The first-order chi connectivity index (χ1) is 13.9. The van der Waals surface area contributed by atoms with Gasteiger partial charge < -0.3 is 9.88 Å². The maximum absolute atomic E-state index is 6.37. The molecule has 4 aromatic rings. The molecule has 1 heterocycles. The largest absolute Gasteiger partial charge is 0.409 e. The van der Waals surface area contributed by atoms with Crippen molar-refractivity contribution in [3.63, 3.8) is 0 Å². The molecule has 2 nitrogen and oxygen atoms in total. The second-order valence-electron chi connectivity index (χ2n) is 7.27. The maximum atomic E-state index is 6.37. The van der Waals surface area contributed by atoms with Gasteiger partial charge in [-0.2, -0.15) is 0 Å². The normalized spacial score (nSPS) is 18.1. The molecule has 135 valence electrons. The highest BCUT2D eigenvalue weighted by Crippen LogP contribution is 2.41. The first-order valence-electron chi connectivity index (χ1n) is 9.71. The molecule has 1 aliphatic heterocycles. The molecule has 1 fully saturated rings. The summed E-state index contributed by atoms with van der Waals surface area (Å²) >= 11 is 0. The van der Waals surface area contributed by atoms with Gasteiger partial charge in [0.1, 0.15) is 5.60 Å². The van der Waals surface area contributed by atoms with E-state index in [2.05, 4.69) is 96.2 Å². The smallest absolute Gasteiger partial charge is 0.397 e. The van der Waals surface area contributed by atoms with Gasteiger partial charge in [0, 0.05) is 6.04 Å². The van der Waals surface area contributed by atoms with Gasteiger partial charge >= 0.3 is 7.62 Å². The number of fused-ring (bicyclic) bond motifs is 1. The predicted octanol–water partition coefficient (Wildman–Crippen LogP) is 4.85. The topological polar surface area (TPSA) is 21.3 Å². The Balaban J connectivity index is 1.63. The van der Waals surface area contributed by atoms with E-state index in [1.165, 1.54) is 16.3 Å². The fourth-order valence-electron chi connectivity index (χ4n) is 4.38. The average Bonchev–Trinajstić information content (AvgIpc) is 3.20. The van der Waals surface area contributed by atoms with Crippen LogP contribution in [0.25, 0.3) is 10.8 Å². The van der Waals surface area contributed by atoms with E-state index in [9.17, 15) is 0 Å². The lowest BCUT2D eigenvalue weighted by Gasteiger charge is -2.36. The van der Waals surface area contributed by atoms with Crippen molar-refractivity contribution in [2.24, 2.45) is 0 Å². The summed E-state index contributed by atoms with van der Waals surface area (Å²) in [4.78, 5) is 0. The van der Waals surface area contributed by atoms with Crippen LogP contribution in [0.4, 0.5) is 0 Å². The van der Waals surface area contributed by atoms with Crippen LogP contribution in [0.15, 0.2) is 103 Å². The third kappa shape index (κ3) is 2.84. The lowest BCUT2D eigenvalue weighted by atomic mass is 9.78. The van der Waals surface area contributed by atoms with E-state index in [0.29, 0.717) is 0 Å². The Bertz CT molecular complexity index is 1040. The summed E-state index contributed by atoms with van der Waals surface area (Å²) in [7, 11) is 1.76. The molecule has 0 amide bonds. The van der Waals surface area contributed by atoms with Crippen LogP contribution in [0.1, 0.15) is 16.7 Å². The lowest BCUT2D eigenvalue weighted by molar-refractivity contribution is 0.118. The Labute approximate surface area is 166 Å². The monoisotopic (exact) mass is 362 g/mol. The molecule has 0 bridgehead atoms. The summed E-state index contributed by atoms with van der Waals surface area (Å²) in [6, 6.07) is 36.3. The van der Waals surface area contributed by atoms with E-state index < -0.39 is 5.60 Å². The molecule has 1 N–H and O–H groups in total. The standard InChI is InChI=1S/C25H21BNO/c1-3-13-21(14-4-1)25(22-15-5-2-6-16-22)24(27-26-28-25)18-20-12-9-11-19-10-7-8-17-23(19)20/h1-17,24,27H,18H2/t24-/m1/s1. The van der Waals surface area contributed by atoms with Crippen molar-refractivity contribution in [1.29, 1.82) is 0 Å². The van der Waals surface area contributed by atoms with Gasteiger partial charge in [-0.15, -0.1) is 0 Å². The van der Waals surface area contributed by atoms with Gasteiger partial charge in [-0.05, 0) is 33.9 Å². The summed E-state index contributed by atoms with van der Waals surface area (Å²) in [5, 5.41) is 6.08. The van der Waals surface area contributed by atoms with Crippen LogP contribution < -0.4 is 5.23 Å². The summed E-state index contributed by atoms with van der Waals surface area (Å²) in [6.45, 7) is 0. The Kier molecular flexibility index (Phi) is 4.48. The van der Waals surface area contributed by atoms with Crippen molar-refractivity contribution in [1.82, 2.24) is 5.23 Å². The van der Waals surface area contributed by atoms with E-state index in [4.69, 9.17) is 4.65 Å². The highest BCUT2D eigenvalue weighted by Gasteiger charge is 2.47. The lowest BCUT2D eigenvalue weighted by Crippen LogP contribution is -2.43. The molecule has 0 spiro atoms. The minimum absolute atomic E-state index is 0.0862. The first kappa shape index (κ1) is 17.2. The van der Waals surface area contributed by atoms with Gasteiger partial charge in [-0.3, -0.25) is 0 Å². The molecule has 0 aromatic heterocycles. The van der Waals surface area contributed by atoms with Crippen LogP contribution in [0.2, 0.25) is 0 Å². The average molecular weight is 362 g/mol. The molecule has 3 heteroatoms. The van der Waals surface area contributed by atoms with Crippen molar-refractivity contribution in [3.05, 3.63) is 120 Å².